The van der Waals surface area contributed by atoms with Gasteiger partial charge in [-0.25, -0.2) is 4.79 Å². The largest absolute Gasteiger partial charge is 0.444 e. The minimum atomic E-state index is -0.503. The van der Waals surface area contributed by atoms with Gasteiger partial charge < -0.3 is 15.8 Å². The highest BCUT2D eigenvalue weighted by atomic mass is 127. The molecule has 1 rings (SSSR count). The number of amides is 1. The van der Waals surface area contributed by atoms with Crippen molar-refractivity contribution in [3.63, 3.8) is 0 Å². The third-order valence-corrected chi connectivity index (χ3v) is 3.18. The van der Waals surface area contributed by atoms with E-state index in [1.54, 1.807) is 6.07 Å². The van der Waals surface area contributed by atoms with E-state index in [1.807, 2.05) is 26.8 Å². The van der Waals surface area contributed by atoms with Gasteiger partial charge in [-0.2, -0.15) is 0 Å². The molecule has 4 nitrogen and oxygen atoms in total. The highest BCUT2D eigenvalue weighted by Gasteiger charge is 2.15. The fraction of sp³-hybridized carbons (Fsp3) is 0.417. The van der Waals surface area contributed by atoms with E-state index in [-0.39, 0.29) is 0 Å². The van der Waals surface area contributed by atoms with Gasteiger partial charge in [-0.05, 0) is 61.1 Å². The van der Waals surface area contributed by atoms with E-state index in [4.69, 9.17) is 22.1 Å². The summed E-state index contributed by atoms with van der Waals surface area (Å²) in [5.74, 6) is 0. The van der Waals surface area contributed by atoms with Crippen molar-refractivity contribution in [3.05, 3.63) is 26.3 Å². The summed E-state index contributed by atoms with van der Waals surface area (Å²) in [6, 6.07) is 3.61. The number of alkyl carbamates (subject to hydrolysis) is 1. The molecule has 1 amide bonds. The summed E-state index contributed by atoms with van der Waals surface area (Å²) in [4.78, 5) is 11.5. The predicted molar refractivity (Wildman–Crippen MR) is 81.7 cm³/mol. The monoisotopic (exact) mass is 382 g/mol. The van der Waals surface area contributed by atoms with E-state index in [1.165, 1.54) is 0 Å². The smallest absolute Gasteiger partial charge is 0.407 e. The number of nitrogens with one attached hydrogen (secondary N) is 1. The van der Waals surface area contributed by atoms with Crippen LogP contribution in [0.5, 0.6) is 0 Å². The number of carbonyl (C=O) groups is 1. The van der Waals surface area contributed by atoms with Crippen molar-refractivity contribution in [1.82, 2.24) is 5.32 Å². The van der Waals surface area contributed by atoms with Gasteiger partial charge in [0.1, 0.15) is 5.60 Å². The zero-order chi connectivity index (χ0) is 13.9. The molecule has 1 aromatic carbocycles. The number of carbonyl (C=O) groups excluding carboxylic acids is 1. The number of ether oxygens (including phenoxy) is 1. The maximum Gasteiger partial charge on any atom is 0.407 e. The van der Waals surface area contributed by atoms with Crippen LogP contribution in [-0.4, -0.2) is 11.7 Å². The van der Waals surface area contributed by atoms with E-state index in [9.17, 15) is 4.79 Å². The molecule has 0 heterocycles. The van der Waals surface area contributed by atoms with Gasteiger partial charge in [0.15, 0.2) is 0 Å². The molecule has 0 atom stereocenters. The average Bonchev–Trinajstić information content (AvgIpc) is 2.20. The Bertz CT molecular complexity index is 435. The summed E-state index contributed by atoms with van der Waals surface area (Å²) >= 11 is 8.07. The fourth-order valence-corrected chi connectivity index (χ4v) is 2.32. The Morgan fingerprint density at radius 2 is 2.11 bits per heavy atom. The van der Waals surface area contributed by atoms with Gasteiger partial charge in [-0.3, -0.25) is 0 Å². The number of rotatable bonds is 2. The SMILES string of the molecule is CC(C)(C)OC(=O)NCc1cc(Cl)c(N)c(I)c1. The molecule has 100 valence electrons. The second-order valence-corrected chi connectivity index (χ2v) is 6.40. The van der Waals surface area contributed by atoms with Crippen molar-refractivity contribution in [3.8, 4) is 0 Å². The van der Waals surface area contributed by atoms with Gasteiger partial charge in [0.2, 0.25) is 0 Å². The molecular weight excluding hydrogens is 367 g/mol. The van der Waals surface area contributed by atoms with Crippen LogP contribution in [0.2, 0.25) is 5.02 Å². The molecule has 0 saturated heterocycles. The summed E-state index contributed by atoms with van der Waals surface area (Å²) in [5.41, 5.74) is 6.67. The van der Waals surface area contributed by atoms with E-state index < -0.39 is 11.7 Å². The molecule has 0 aliphatic heterocycles. The Hall–Kier alpha value is -0.690. The van der Waals surface area contributed by atoms with Crippen LogP contribution in [-0.2, 0) is 11.3 Å². The maximum absolute atomic E-state index is 11.5. The molecule has 0 bridgehead atoms. The van der Waals surface area contributed by atoms with Crippen molar-refractivity contribution in [2.75, 3.05) is 5.73 Å². The molecule has 0 aromatic heterocycles. The molecule has 0 saturated carbocycles. The van der Waals surface area contributed by atoms with E-state index in [0.717, 1.165) is 9.13 Å². The van der Waals surface area contributed by atoms with E-state index in [2.05, 4.69) is 27.9 Å². The third-order valence-electron chi connectivity index (χ3n) is 1.97. The molecule has 0 radical (unpaired) electrons. The predicted octanol–water partition coefficient (Wildman–Crippen LogP) is 3.55. The van der Waals surface area contributed by atoms with Gasteiger partial charge in [0.25, 0.3) is 0 Å². The van der Waals surface area contributed by atoms with Crippen LogP contribution in [0.4, 0.5) is 10.5 Å². The van der Waals surface area contributed by atoms with Crippen LogP contribution < -0.4 is 11.1 Å². The average molecular weight is 383 g/mol. The highest BCUT2D eigenvalue weighted by molar-refractivity contribution is 14.1. The zero-order valence-electron chi connectivity index (χ0n) is 10.5. The number of hydrogen-bond donors (Lipinski definition) is 2. The Balaban J connectivity index is 2.62. The number of halogens is 2. The third kappa shape index (κ3) is 4.89. The topological polar surface area (TPSA) is 64.3 Å². The number of benzene rings is 1. The van der Waals surface area contributed by atoms with Gasteiger partial charge in [0, 0.05) is 10.1 Å². The van der Waals surface area contributed by atoms with E-state index >= 15 is 0 Å². The highest BCUT2D eigenvalue weighted by Crippen LogP contribution is 2.26. The molecule has 1 aromatic rings. The van der Waals surface area contributed by atoms with Gasteiger partial charge in [-0.1, -0.05) is 11.6 Å². The van der Waals surface area contributed by atoms with Crippen LogP contribution >= 0.6 is 34.2 Å². The first-order chi connectivity index (χ1) is 8.19. The Labute approximate surface area is 125 Å². The summed E-state index contributed by atoms with van der Waals surface area (Å²) in [6.45, 7) is 5.80. The van der Waals surface area contributed by atoms with Crippen molar-refractivity contribution >= 4 is 46.0 Å². The van der Waals surface area contributed by atoms with Crippen LogP contribution in [0.25, 0.3) is 0 Å². The second kappa shape index (κ2) is 5.97. The van der Waals surface area contributed by atoms with Crippen LogP contribution in [0.3, 0.4) is 0 Å². The molecule has 6 heteroatoms. The van der Waals surface area contributed by atoms with Crippen LogP contribution in [0.15, 0.2) is 12.1 Å². The lowest BCUT2D eigenvalue weighted by molar-refractivity contribution is 0.0523. The second-order valence-electron chi connectivity index (χ2n) is 4.83. The lowest BCUT2D eigenvalue weighted by Gasteiger charge is -2.19. The molecule has 0 aliphatic rings. The van der Waals surface area contributed by atoms with Crippen molar-refractivity contribution in [2.24, 2.45) is 0 Å². The minimum absolute atomic E-state index is 0.352. The summed E-state index contributed by atoms with van der Waals surface area (Å²) in [7, 11) is 0. The first-order valence-electron chi connectivity index (χ1n) is 5.39. The maximum atomic E-state index is 11.5. The lowest BCUT2D eigenvalue weighted by atomic mass is 10.2. The van der Waals surface area contributed by atoms with Crippen molar-refractivity contribution < 1.29 is 9.53 Å². The number of nitrogen functional groups attached to an aromatic ring is 1. The Morgan fingerprint density at radius 1 is 1.50 bits per heavy atom. The number of hydrogen-bond acceptors (Lipinski definition) is 3. The van der Waals surface area contributed by atoms with E-state index in [0.29, 0.717) is 17.3 Å². The summed E-state index contributed by atoms with van der Waals surface area (Å²) in [6.07, 6.45) is -0.453. The minimum Gasteiger partial charge on any atom is -0.444 e. The number of nitrogens with two attached hydrogens (primary N) is 1. The first-order valence-corrected chi connectivity index (χ1v) is 6.85. The molecule has 0 aliphatic carbocycles. The Kier molecular flexibility index (Phi) is 5.10. The van der Waals surface area contributed by atoms with Gasteiger partial charge in [-0.15, -0.1) is 0 Å². The number of anilines is 1. The zero-order valence-corrected chi connectivity index (χ0v) is 13.4. The van der Waals surface area contributed by atoms with Crippen LogP contribution in [0, 0.1) is 3.57 Å². The van der Waals surface area contributed by atoms with Gasteiger partial charge >= 0.3 is 6.09 Å². The van der Waals surface area contributed by atoms with Crippen molar-refractivity contribution in [1.29, 1.82) is 0 Å². The normalized spacial score (nSPS) is 11.2. The molecule has 0 fully saturated rings. The quantitative estimate of drug-likeness (QED) is 0.607. The standard InChI is InChI=1S/C12H16ClIN2O2/c1-12(2,3)18-11(17)16-6-7-4-8(13)10(15)9(14)5-7/h4-5H,6,15H2,1-3H3,(H,16,17). The molecule has 0 spiro atoms. The Morgan fingerprint density at radius 3 is 2.61 bits per heavy atom. The molecule has 0 unspecified atom stereocenters. The summed E-state index contributed by atoms with van der Waals surface area (Å²) < 4.78 is 6.00. The van der Waals surface area contributed by atoms with Crippen LogP contribution in [0.1, 0.15) is 26.3 Å². The summed E-state index contributed by atoms with van der Waals surface area (Å²) in [5, 5.41) is 3.15. The van der Waals surface area contributed by atoms with Gasteiger partial charge in [0.05, 0.1) is 10.7 Å². The van der Waals surface area contributed by atoms with Crippen molar-refractivity contribution in [2.45, 2.75) is 32.9 Å². The fourth-order valence-electron chi connectivity index (χ4n) is 1.23. The molecular formula is C12H16ClIN2O2. The molecule has 18 heavy (non-hydrogen) atoms. The molecule has 3 N–H and O–H groups in total. The first kappa shape index (κ1) is 15.4. The lowest BCUT2D eigenvalue weighted by Crippen LogP contribution is -2.32.